The molecule has 4 heterocycles. The Labute approximate surface area is 167 Å². The second kappa shape index (κ2) is 7.43. The van der Waals surface area contributed by atoms with Gasteiger partial charge in [0.15, 0.2) is 5.65 Å². The first-order valence-electron chi connectivity index (χ1n) is 9.76. The van der Waals surface area contributed by atoms with Gasteiger partial charge in [0.2, 0.25) is 5.91 Å². The van der Waals surface area contributed by atoms with E-state index in [1.807, 2.05) is 58.0 Å². The number of pyridine rings is 1. The minimum atomic E-state index is -0.0153. The van der Waals surface area contributed by atoms with Gasteiger partial charge in [0, 0.05) is 31.3 Å². The van der Waals surface area contributed by atoms with Gasteiger partial charge in [0.25, 0.3) is 0 Å². The second-order valence-electron chi connectivity index (χ2n) is 7.23. The van der Waals surface area contributed by atoms with Crippen LogP contribution >= 0.6 is 0 Å². The molecule has 144 valence electrons. The molecule has 0 bridgehead atoms. The zero-order valence-corrected chi connectivity index (χ0v) is 15.8. The number of amides is 1. The summed E-state index contributed by atoms with van der Waals surface area (Å²) in [5, 5.41) is 8.62. The molecule has 1 atom stereocenters. The van der Waals surface area contributed by atoms with E-state index in [1.54, 1.807) is 18.3 Å². The fourth-order valence-electron chi connectivity index (χ4n) is 3.84. The van der Waals surface area contributed by atoms with Crippen molar-refractivity contribution in [3.63, 3.8) is 0 Å². The summed E-state index contributed by atoms with van der Waals surface area (Å²) in [6.45, 7) is 1.39. The monoisotopic (exact) mass is 384 g/mol. The van der Waals surface area contributed by atoms with Crippen molar-refractivity contribution in [2.24, 2.45) is 0 Å². The summed E-state index contributed by atoms with van der Waals surface area (Å²) in [5.41, 5.74) is 3.17. The van der Waals surface area contributed by atoms with Crippen LogP contribution in [0.15, 0.2) is 60.9 Å². The Kier molecular flexibility index (Phi) is 4.48. The molecule has 0 saturated carbocycles. The minimum absolute atomic E-state index is 0.0153. The maximum absolute atomic E-state index is 12.8. The third-order valence-corrected chi connectivity index (χ3v) is 5.30. The number of rotatable bonds is 3. The van der Waals surface area contributed by atoms with Crippen LogP contribution in [-0.2, 0) is 4.79 Å². The molecule has 7 nitrogen and oxygen atoms in total. The summed E-state index contributed by atoms with van der Waals surface area (Å²) in [4.78, 5) is 23.6. The van der Waals surface area contributed by atoms with Crippen LogP contribution in [0.3, 0.4) is 0 Å². The zero-order chi connectivity index (χ0) is 19.6. The number of hydrogen-bond acceptors (Lipinski definition) is 5. The first-order chi connectivity index (χ1) is 14.3. The van der Waals surface area contributed by atoms with Gasteiger partial charge >= 0.3 is 0 Å². The van der Waals surface area contributed by atoms with Crippen LogP contribution in [0.5, 0.6) is 0 Å². The molecule has 4 aromatic rings. The number of likely N-dealkylation sites (tertiary alicyclic amines) is 1. The van der Waals surface area contributed by atoms with Gasteiger partial charge in [0.1, 0.15) is 5.82 Å². The normalized spacial score (nSPS) is 17.4. The molecule has 1 aromatic carbocycles. The van der Waals surface area contributed by atoms with E-state index in [4.69, 9.17) is 0 Å². The molecular weight excluding hydrogens is 364 g/mol. The zero-order valence-electron chi connectivity index (χ0n) is 15.8. The summed E-state index contributed by atoms with van der Waals surface area (Å²) >= 11 is 0. The topological polar surface area (TPSA) is 76.3 Å². The third kappa shape index (κ3) is 3.47. The number of para-hydroxylation sites is 2. The van der Waals surface area contributed by atoms with Crippen molar-refractivity contribution in [3.8, 4) is 0 Å². The molecule has 1 aliphatic rings. The molecule has 1 fully saturated rings. The number of carbonyl (C=O) groups excluding carboxylic acids is 1. The smallest absolute Gasteiger partial charge is 0.246 e. The molecule has 0 spiro atoms. The summed E-state index contributed by atoms with van der Waals surface area (Å²) in [6.07, 6.45) is 8.93. The predicted octanol–water partition coefficient (Wildman–Crippen LogP) is 3.09. The lowest BCUT2D eigenvalue weighted by Gasteiger charge is -2.31. The van der Waals surface area contributed by atoms with Gasteiger partial charge in [-0.15, -0.1) is 10.2 Å². The van der Waals surface area contributed by atoms with Crippen LogP contribution in [0.2, 0.25) is 0 Å². The number of carbonyl (C=O) groups is 1. The van der Waals surface area contributed by atoms with E-state index in [2.05, 4.69) is 20.2 Å². The highest BCUT2D eigenvalue weighted by molar-refractivity contribution is 5.91. The number of aromatic nitrogens is 5. The lowest BCUT2D eigenvalue weighted by Crippen LogP contribution is -2.38. The van der Waals surface area contributed by atoms with Gasteiger partial charge < -0.3 is 4.90 Å². The van der Waals surface area contributed by atoms with E-state index in [0.29, 0.717) is 12.2 Å². The lowest BCUT2D eigenvalue weighted by molar-refractivity contribution is -0.127. The fourth-order valence-corrected chi connectivity index (χ4v) is 3.84. The van der Waals surface area contributed by atoms with Gasteiger partial charge in [-0.2, -0.15) is 0 Å². The van der Waals surface area contributed by atoms with E-state index >= 15 is 0 Å². The number of nitrogens with zero attached hydrogens (tertiary/aromatic N) is 6. The van der Waals surface area contributed by atoms with Crippen molar-refractivity contribution >= 4 is 28.7 Å². The Morgan fingerprint density at radius 1 is 1.07 bits per heavy atom. The molecule has 0 aliphatic carbocycles. The molecule has 7 heteroatoms. The van der Waals surface area contributed by atoms with Crippen LogP contribution in [0, 0.1) is 0 Å². The molecule has 0 N–H and O–H groups in total. The van der Waals surface area contributed by atoms with E-state index < -0.39 is 0 Å². The molecule has 0 radical (unpaired) electrons. The molecule has 1 unspecified atom stereocenters. The Balaban J connectivity index is 1.32. The SMILES string of the molecule is O=C(/C=C/c1cnc2ccccc2n1)N1CCCC(c2nnc3ccccn23)C1. The molecule has 1 saturated heterocycles. The average Bonchev–Trinajstić information content (AvgIpc) is 3.21. The van der Waals surface area contributed by atoms with Crippen LogP contribution in [0.25, 0.3) is 22.8 Å². The summed E-state index contributed by atoms with van der Waals surface area (Å²) in [5.74, 6) is 1.08. The van der Waals surface area contributed by atoms with Gasteiger partial charge in [-0.25, -0.2) is 4.98 Å². The highest BCUT2D eigenvalue weighted by Gasteiger charge is 2.27. The van der Waals surface area contributed by atoms with Gasteiger partial charge in [-0.05, 0) is 43.2 Å². The van der Waals surface area contributed by atoms with Crippen LogP contribution in [0.1, 0.15) is 30.3 Å². The molecule has 5 rings (SSSR count). The standard InChI is InChI=1S/C22H20N6O/c29-21(11-10-17-14-23-18-7-1-2-8-19(18)24-17)27-12-5-6-16(15-27)22-26-25-20-9-3-4-13-28(20)22/h1-4,7-11,13-14,16H,5-6,12,15H2/b11-10+. The van der Waals surface area contributed by atoms with Crippen LogP contribution < -0.4 is 0 Å². The van der Waals surface area contributed by atoms with Gasteiger partial charge in [-0.3, -0.25) is 14.2 Å². The van der Waals surface area contributed by atoms with E-state index in [-0.39, 0.29) is 11.8 Å². The Morgan fingerprint density at radius 3 is 2.86 bits per heavy atom. The van der Waals surface area contributed by atoms with Crippen LogP contribution in [-0.4, -0.2) is 48.5 Å². The maximum Gasteiger partial charge on any atom is 0.246 e. The van der Waals surface area contributed by atoms with E-state index in [1.165, 1.54) is 0 Å². The maximum atomic E-state index is 12.8. The lowest BCUT2D eigenvalue weighted by atomic mass is 9.97. The van der Waals surface area contributed by atoms with Crippen molar-refractivity contribution < 1.29 is 4.79 Å². The van der Waals surface area contributed by atoms with Crippen molar-refractivity contribution in [2.75, 3.05) is 13.1 Å². The summed E-state index contributed by atoms with van der Waals surface area (Å²) in [7, 11) is 0. The molecule has 3 aromatic heterocycles. The minimum Gasteiger partial charge on any atom is -0.338 e. The Bertz CT molecular complexity index is 1210. The van der Waals surface area contributed by atoms with E-state index in [0.717, 1.165) is 41.9 Å². The largest absolute Gasteiger partial charge is 0.338 e. The molecular formula is C22H20N6O. The van der Waals surface area contributed by atoms with Crippen molar-refractivity contribution in [1.82, 2.24) is 29.5 Å². The molecule has 29 heavy (non-hydrogen) atoms. The highest BCUT2D eigenvalue weighted by atomic mass is 16.2. The van der Waals surface area contributed by atoms with Gasteiger partial charge in [-0.1, -0.05) is 18.2 Å². The highest BCUT2D eigenvalue weighted by Crippen LogP contribution is 2.26. The van der Waals surface area contributed by atoms with Crippen molar-refractivity contribution in [2.45, 2.75) is 18.8 Å². The predicted molar refractivity (Wildman–Crippen MR) is 110 cm³/mol. The van der Waals surface area contributed by atoms with Gasteiger partial charge in [0.05, 0.1) is 22.9 Å². The number of hydrogen-bond donors (Lipinski definition) is 0. The average molecular weight is 384 g/mol. The fraction of sp³-hybridized carbons (Fsp3) is 0.227. The number of fused-ring (bicyclic) bond motifs is 2. The third-order valence-electron chi connectivity index (χ3n) is 5.30. The van der Waals surface area contributed by atoms with Crippen molar-refractivity contribution in [3.05, 3.63) is 72.5 Å². The summed E-state index contributed by atoms with van der Waals surface area (Å²) in [6, 6.07) is 13.6. The van der Waals surface area contributed by atoms with Crippen molar-refractivity contribution in [1.29, 1.82) is 0 Å². The Hall–Kier alpha value is -3.61. The van der Waals surface area contributed by atoms with E-state index in [9.17, 15) is 4.79 Å². The number of piperidine rings is 1. The molecule has 1 amide bonds. The first-order valence-corrected chi connectivity index (χ1v) is 9.76. The Morgan fingerprint density at radius 2 is 1.93 bits per heavy atom. The van der Waals surface area contributed by atoms with Crippen LogP contribution in [0.4, 0.5) is 0 Å². The quantitative estimate of drug-likeness (QED) is 0.507. The first kappa shape index (κ1) is 17.5. The number of benzene rings is 1. The second-order valence-corrected chi connectivity index (χ2v) is 7.23. The summed E-state index contributed by atoms with van der Waals surface area (Å²) < 4.78 is 2.01. The molecule has 1 aliphatic heterocycles.